The Hall–Kier alpha value is -3.55. The molecular weight excluding hydrogens is 460 g/mol. The molecule has 166 valence electrons. The number of ether oxygens (including phenoxy) is 1. The number of benzene rings is 3. The largest absolute Gasteiger partial charge is 0.489 e. The summed E-state index contributed by atoms with van der Waals surface area (Å²) in [7, 11) is 0. The summed E-state index contributed by atoms with van der Waals surface area (Å²) >= 11 is 7.03. The van der Waals surface area contributed by atoms with E-state index in [0.29, 0.717) is 33.7 Å². The predicted molar refractivity (Wildman–Crippen MR) is 131 cm³/mol. The standard InChI is InChI=1S/C25H19ClN2O4S/c1-16(29)27-19-8-10-20(11-9-19)28-24(30)23(33-25(28)31)14-17-6-12-21(13-7-17)32-15-18-4-2-3-5-22(18)26/h2-14H,15H2,1H3,(H,27,29)/b23-14-. The van der Waals surface area contributed by atoms with Crippen LogP contribution in [0.15, 0.2) is 77.7 Å². The quantitative estimate of drug-likeness (QED) is 0.432. The van der Waals surface area contributed by atoms with E-state index in [0.717, 1.165) is 27.8 Å². The molecule has 0 aliphatic carbocycles. The van der Waals surface area contributed by atoms with Crippen molar-refractivity contribution in [2.45, 2.75) is 13.5 Å². The first-order valence-corrected chi connectivity index (χ1v) is 11.2. The summed E-state index contributed by atoms with van der Waals surface area (Å²) in [5.41, 5.74) is 2.69. The van der Waals surface area contributed by atoms with Crippen molar-refractivity contribution >= 4 is 57.9 Å². The lowest BCUT2D eigenvalue weighted by Crippen LogP contribution is -2.27. The first kappa shape index (κ1) is 22.6. The van der Waals surface area contributed by atoms with E-state index in [4.69, 9.17) is 16.3 Å². The highest BCUT2D eigenvalue weighted by molar-refractivity contribution is 8.19. The topological polar surface area (TPSA) is 75.7 Å². The Morgan fingerprint density at radius 1 is 1.03 bits per heavy atom. The normalized spacial score (nSPS) is 14.6. The van der Waals surface area contributed by atoms with Crippen LogP contribution in [0, 0.1) is 0 Å². The number of carbonyl (C=O) groups excluding carboxylic acids is 3. The smallest absolute Gasteiger partial charge is 0.298 e. The van der Waals surface area contributed by atoms with Crippen molar-refractivity contribution < 1.29 is 19.1 Å². The number of nitrogens with zero attached hydrogens (tertiary/aromatic N) is 1. The molecule has 1 aliphatic heterocycles. The van der Waals surface area contributed by atoms with Crippen molar-refractivity contribution in [3.05, 3.63) is 93.9 Å². The number of nitrogens with one attached hydrogen (secondary N) is 1. The van der Waals surface area contributed by atoms with E-state index < -0.39 is 5.91 Å². The van der Waals surface area contributed by atoms with Gasteiger partial charge in [0.1, 0.15) is 12.4 Å². The molecule has 0 bridgehead atoms. The number of thioether (sulfide) groups is 1. The molecule has 33 heavy (non-hydrogen) atoms. The molecule has 1 saturated heterocycles. The number of hydrogen-bond donors (Lipinski definition) is 1. The first-order valence-electron chi connectivity index (χ1n) is 10.0. The predicted octanol–water partition coefficient (Wildman–Crippen LogP) is 6.12. The average molecular weight is 479 g/mol. The van der Waals surface area contributed by atoms with Gasteiger partial charge in [0.2, 0.25) is 5.91 Å². The summed E-state index contributed by atoms with van der Waals surface area (Å²) in [4.78, 5) is 37.9. The van der Waals surface area contributed by atoms with Gasteiger partial charge in [-0.2, -0.15) is 0 Å². The lowest BCUT2D eigenvalue weighted by atomic mass is 10.2. The van der Waals surface area contributed by atoms with E-state index >= 15 is 0 Å². The van der Waals surface area contributed by atoms with Gasteiger partial charge in [0.25, 0.3) is 11.1 Å². The van der Waals surface area contributed by atoms with E-state index in [1.54, 1.807) is 42.5 Å². The molecule has 3 aromatic rings. The van der Waals surface area contributed by atoms with Gasteiger partial charge in [-0.25, -0.2) is 4.90 Å². The number of halogens is 1. The first-order chi connectivity index (χ1) is 15.9. The maximum Gasteiger partial charge on any atom is 0.298 e. The van der Waals surface area contributed by atoms with Gasteiger partial charge in [0, 0.05) is 23.2 Å². The summed E-state index contributed by atoms with van der Waals surface area (Å²) in [6.07, 6.45) is 1.68. The number of carbonyl (C=O) groups is 3. The van der Waals surface area contributed by atoms with Crippen molar-refractivity contribution in [3.63, 3.8) is 0 Å². The zero-order valence-corrected chi connectivity index (χ0v) is 19.2. The van der Waals surface area contributed by atoms with Crippen LogP contribution in [0.2, 0.25) is 5.02 Å². The fourth-order valence-corrected chi connectivity index (χ4v) is 4.21. The minimum atomic E-state index is -0.392. The maximum atomic E-state index is 12.9. The van der Waals surface area contributed by atoms with Crippen LogP contribution in [0.3, 0.4) is 0 Å². The van der Waals surface area contributed by atoms with E-state index in [-0.39, 0.29) is 11.1 Å². The maximum absolute atomic E-state index is 12.9. The molecule has 4 rings (SSSR count). The monoisotopic (exact) mass is 478 g/mol. The number of imide groups is 1. The van der Waals surface area contributed by atoms with Crippen LogP contribution < -0.4 is 15.0 Å². The van der Waals surface area contributed by atoms with E-state index in [1.165, 1.54) is 6.92 Å². The zero-order valence-electron chi connectivity index (χ0n) is 17.6. The fourth-order valence-electron chi connectivity index (χ4n) is 3.18. The minimum Gasteiger partial charge on any atom is -0.489 e. The summed E-state index contributed by atoms with van der Waals surface area (Å²) in [5.74, 6) is 0.0768. The highest BCUT2D eigenvalue weighted by Crippen LogP contribution is 2.36. The molecule has 0 radical (unpaired) electrons. The Labute approximate surface area is 200 Å². The molecule has 6 nitrogen and oxygen atoms in total. The number of hydrogen-bond acceptors (Lipinski definition) is 5. The SMILES string of the molecule is CC(=O)Nc1ccc(N2C(=O)S/C(=C\c3ccc(OCc4ccccc4Cl)cc3)C2=O)cc1. The van der Waals surface area contributed by atoms with Crippen LogP contribution in [-0.2, 0) is 16.2 Å². The number of anilines is 2. The minimum absolute atomic E-state index is 0.197. The molecular formula is C25H19ClN2O4S. The van der Waals surface area contributed by atoms with E-state index in [1.807, 2.05) is 36.4 Å². The van der Waals surface area contributed by atoms with Crippen LogP contribution in [0.25, 0.3) is 6.08 Å². The summed E-state index contributed by atoms with van der Waals surface area (Å²) < 4.78 is 5.78. The molecule has 0 saturated carbocycles. The summed E-state index contributed by atoms with van der Waals surface area (Å²) in [6, 6.07) is 21.2. The van der Waals surface area contributed by atoms with Crippen LogP contribution in [0.4, 0.5) is 16.2 Å². The van der Waals surface area contributed by atoms with Crippen molar-refractivity contribution in [2.75, 3.05) is 10.2 Å². The van der Waals surface area contributed by atoms with Crippen LogP contribution in [-0.4, -0.2) is 17.1 Å². The van der Waals surface area contributed by atoms with Crippen molar-refractivity contribution in [2.24, 2.45) is 0 Å². The second-order valence-electron chi connectivity index (χ2n) is 7.19. The van der Waals surface area contributed by atoms with Gasteiger partial charge in [-0.3, -0.25) is 14.4 Å². The van der Waals surface area contributed by atoms with Gasteiger partial charge in [-0.15, -0.1) is 0 Å². The lowest BCUT2D eigenvalue weighted by molar-refractivity contribution is -0.114. The third-order valence-corrected chi connectivity index (χ3v) is 6.01. The molecule has 0 atom stereocenters. The number of rotatable bonds is 6. The van der Waals surface area contributed by atoms with Gasteiger partial charge in [0.05, 0.1) is 10.6 Å². The van der Waals surface area contributed by atoms with Gasteiger partial charge in [0.15, 0.2) is 0 Å². The summed E-state index contributed by atoms with van der Waals surface area (Å²) in [6.45, 7) is 1.76. The molecule has 0 aromatic heterocycles. The molecule has 1 aliphatic rings. The third-order valence-electron chi connectivity index (χ3n) is 4.77. The van der Waals surface area contributed by atoms with E-state index in [9.17, 15) is 14.4 Å². The average Bonchev–Trinajstić information content (AvgIpc) is 3.07. The van der Waals surface area contributed by atoms with Crippen molar-refractivity contribution in [1.82, 2.24) is 0 Å². The molecule has 1 heterocycles. The van der Waals surface area contributed by atoms with Gasteiger partial charge >= 0.3 is 0 Å². The second-order valence-corrected chi connectivity index (χ2v) is 8.59. The molecule has 0 spiro atoms. The Morgan fingerprint density at radius 2 is 1.73 bits per heavy atom. The van der Waals surface area contributed by atoms with Crippen LogP contribution in [0.5, 0.6) is 5.75 Å². The molecule has 3 aromatic carbocycles. The van der Waals surface area contributed by atoms with Gasteiger partial charge < -0.3 is 10.1 Å². The van der Waals surface area contributed by atoms with E-state index in [2.05, 4.69) is 5.32 Å². The highest BCUT2D eigenvalue weighted by atomic mass is 35.5. The van der Waals surface area contributed by atoms with Crippen molar-refractivity contribution in [1.29, 1.82) is 0 Å². The Kier molecular flexibility index (Phi) is 6.82. The highest BCUT2D eigenvalue weighted by Gasteiger charge is 2.36. The third kappa shape index (κ3) is 5.45. The number of amides is 3. The summed E-state index contributed by atoms with van der Waals surface area (Å²) in [5, 5.41) is 2.92. The van der Waals surface area contributed by atoms with Gasteiger partial charge in [-0.05, 0) is 65.9 Å². The molecule has 1 N–H and O–H groups in total. The fraction of sp³-hybridized carbons (Fsp3) is 0.0800. The Morgan fingerprint density at radius 3 is 2.39 bits per heavy atom. The van der Waals surface area contributed by atoms with Crippen LogP contribution in [0.1, 0.15) is 18.1 Å². The second kappa shape index (κ2) is 9.94. The van der Waals surface area contributed by atoms with Crippen molar-refractivity contribution in [3.8, 4) is 5.75 Å². The lowest BCUT2D eigenvalue weighted by Gasteiger charge is -2.13. The zero-order chi connectivity index (χ0) is 23.4. The molecule has 8 heteroatoms. The molecule has 1 fully saturated rings. The molecule has 0 unspecified atom stereocenters. The van der Waals surface area contributed by atoms with Crippen LogP contribution >= 0.6 is 23.4 Å². The van der Waals surface area contributed by atoms with Gasteiger partial charge in [-0.1, -0.05) is 41.9 Å². The Bertz CT molecular complexity index is 1240. The Balaban J connectivity index is 1.43. The molecule has 3 amide bonds.